The van der Waals surface area contributed by atoms with E-state index in [2.05, 4.69) is 28.3 Å². The van der Waals surface area contributed by atoms with Crippen molar-refractivity contribution < 1.29 is 9.05 Å². The third-order valence-corrected chi connectivity index (χ3v) is 3.60. The molecule has 1 aliphatic rings. The second-order valence-corrected chi connectivity index (χ2v) is 5.47. The van der Waals surface area contributed by atoms with Gasteiger partial charge in [-0.3, -0.25) is 4.90 Å². The molecule has 1 aliphatic carbocycles. The van der Waals surface area contributed by atoms with Crippen LogP contribution in [0.15, 0.2) is 15.1 Å². The molecule has 102 valence electrons. The maximum Gasteiger partial charge on any atom is 0.140 e. The first kappa shape index (κ1) is 12.4. The third-order valence-electron chi connectivity index (χ3n) is 3.60. The molecule has 0 atom stereocenters. The summed E-state index contributed by atoms with van der Waals surface area (Å²) in [7, 11) is 2.07. The lowest BCUT2D eigenvalue weighted by Gasteiger charge is -2.14. The zero-order chi connectivity index (χ0) is 13.4. The van der Waals surface area contributed by atoms with Crippen LogP contribution >= 0.6 is 0 Å². The van der Waals surface area contributed by atoms with Gasteiger partial charge < -0.3 is 9.05 Å². The van der Waals surface area contributed by atoms with Crippen LogP contribution in [-0.2, 0) is 13.1 Å². The summed E-state index contributed by atoms with van der Waals surface area (Å²) in [4.78, 5) is 2.20. The van der Waals surface area contributed by atoms with Gasteiger partial charge in [0, 0.05) is 30.6 Å². The lowest BCUT2D eigenvalue weighted by molar-refractivity contribution is 0.298. The summed E-state index contributed by atoms with van der Waals surface area (Å²) in [6.07, 6.45) is 2.48. The summed E-state index contributed by atoms with van der Waals surface area (Å²) in [6, 6.07) is 2.08. The van der Waals surface area contributed by atoms with Crippen LogP contribution in [0.2, 0.25) is 0 Å². The van der Waals surface area contributed by atoms with Gasteiger partial charge in [-0.25, -0.2) is 0 Å². The van der Waals surface area contributed by atoms with Gasteiger partial charge in [-0.1, -0.05) is 10.3 Å². The van der Waals surface area contributed by atoms with Crippen molar-refractivity contribution in [2.75, 3.05) is 7.05 Å². The highest BCUT2D eigenvalue weighted by Gasteiger charge is 2.28. The second kappa shape index (κ2) is 4.81. The molecule has 0 radical (unpaired) electrons. The zero-order valence-corrected chi connectivity index (χ0v) is 11.6. The minimum atomic E-state index is 0.620. The normalized spacial score (nSPS) is 15.4. The molecule has 0 aliphatic heterocycles. The molecule has 0 amide bonds. The predicted octanol–water partition coefficient (Wildman–Crippen LogP) is 2.79. The Labute approximate surface area is 112 Å². The van der Waals surface area contributed by atoms with Crippen LogP contribution in [0.4, 0.5) is 0 Å². The van der Waals surface area contributed by atoms with Gasteiger partial charge in [-0.2, -0.15) is 0 Å². The SMILES string of the molecule is Cc1noc(C)c1CN(C)Cc1cc(C2CC2)on1. The maximum absolute atomic E-state index is 5.36. The molecule has 0 unspecified atom stereocenters. The zero-order valence-electron chi connectivity index (χ0n) is 11.6. The van der Waals surface area contributed by atoms with Gasteiger partial charge >= 0.3 is 0 Å². The van der Waals surface area contributed by atoms with E-state index >= 15 is 0 Å². The molecular formula is C14H19N3O2. The summed E-state index contributed by atoms with van der Waals surface area (Å²) in [6.45, 7) is 5.51. The predicted molar refractivity (Wildman–Crippen MR) is 69.6 cm³/mol. The molecule has 2 aromatic rings. The van der Waals surface area contributed by atoms with Crippen LogP contribution < -0.4 is 0 Å². The molecule has 0 aromatic carbocycles. The molecule has 3 rings (SSSR count). The van der Waals surface area contributed by atoms with E-state index in [4.69, 9.17) is 9.05 Å². The van der Waals surface area contributed by atoms with Gasteiger partial charge in [0.25, 0.3) is 0 Å². The summed E-state index contributed by atoms with van der Waals surface area (Å²) in [5, 5.41) is 8.11. The Morgan fingerprint density at radius 3 is 2.63 bits per heavy atom. The van der Waals surface area contributed by atoms with Crippen molar-refractivity contribution in [3.8, 4) is 0 Å². The Morgan fingerprint density at radius 2 is 2.00 bits per heavy atom. The largest absolute Gasteiger partial charge is 0.361 e. The van der Waals surface area contributed by atoms with Crippen LogP contribution in [0.5, 0.6) is 0 Å². The monoisotopic (exact) mass is 261 g/mol. The fraction of sp³-hybridized carbons (Fsp3) is 0.571. The standard InChI is InChI=1S/C14H19N3O2/c1-9-13(10(2)18-15-9)8-17(3)7-12-6-14(19-16-12)11-4-5-11/h6,11H,4-5,7-8H2,1-3H3. The summed E-state index contributed by atoms with van der Waals surface area (Å²) in [5.74, 6) is 2.55. The number of hydrogen-bond donors (Lipinski definition) is 0. The van der Waals surface area contributed by atoms with Crippen molar-refractivity contribution in [1.82, 2.24) is 15.2 Å². The van der Waals surface area contributed by atoms with Gasteiger partial charge in [-0.15, -0.1) is 0 Å². The highest BCUT2D eigenvalue weighted by Crippen LogP contribution is 2.40. The van der Waals surface area contributed by atoms with Gasteiger partial charge in [0.1, 0.15) is 11.5 Å². The first-order chi connectivity index (χ1) is 9.13. The van der Waals surface area contributed by atoms with E-state index in [-0.39, 0.29) is 0 Å². The quantitative estimate of drug-likeness (QED) is 0.828. The molecule has 2 aromatic heterocycles. The smallest absolute Gasteiger partial charge is 0.140 e. The topological polar surface area (TPSA) is 55.3 Å². The van der Waals surface area contributed by atoms with Crippen molar-refractivity contribution in [3.05, 3.63) is 34.5 Å². The van der Waals surface area contributed by atoms with E-state index in [1.165, 1.54) is 12.8 Å². The van der Waals surface area contributed by atoms with Gasteiger partial charge in [-0.05, 0) is 33.7 Å². The molecule has 0 saturated heterocycles. The van der Waals surface area contributed by atoms with E-state index in [9.17, 15) is 0 Å². The van der Waals surface area contributed by atoms with E-state index < -0.39 is 0 Å². The van der Waals surface area contributed by atoms with Gasteiger partial charge in [0.05, 0.1) is 11.4 Å². The first-order valence-corrected chi connectivity index (χ1v) is 6.69. The van der Waals surface area contributed by atoms with E-state index in [1.807, 2.05) is 13.8 Å². The maximum atomic E-state index is 5.36. The Balaban J connectivity index is 1.62. The number of aromatic nitrogens is 2. The second-order valence-electron chi connectivity index (χ2n) is 5.47. The van der Waals surface area contributed by atoms with Gasteiger partial charge in [0.2, 0.25) is 0 Å². The minimum Gasteiger partial charge on any atom is -0.361 e. The van der Waals surface area contributed by atoms with Crippen molar-refractivity contribution >= 4 is 0 Å². The molecule has 2 heterocycles. The average molecular weight is 261 g/mol. The molecule has 19 heavy (non-hydrogen) atoms. The summed E-state index contributed by atoms with van der Waals surface area (Å²) >= 11 is 0. The van der Waals surface area contributed by atoms with Crippen LogP contribution in [0.25, 0.3) is 0 Å². The molecular weight excluding hydrogens is 242 g/mol. The van der Waals surface area contributed by atoms with Crippen LogP contribution in [0.3, 0.4) is 0 Å². The molecule has 0 spiro atoms. The Kier molecular flexibility index (Phi) is 3.14. The lowest BCUT2D eigenvalue weighted by atomic mass is 10.2. The fourth-order valence-corrected chi connectivity index (χ4v) is 2.29. The summed E-state index contributed by atoms with van der Waals surface area (Å²) < 4.78 is 10.5. The number of rotatable bonds is 5. The van der Waals surface area contributed by atoms with Crippen LogP contribution in [-0.4, -0.2) is 22.3 Å². The van der Waals surface area contributed by atoms with E-state index in [0.29, 0.717) is 5.92 Å². The van der Waals surface area contributed by atoms with Gasteiger partial charge in [0.15, 0.2) is 0 Å². The number of aryl methyl sites for hydroxylation is 2. The summed E-state index contributed by atoms with van der Waals surface area (Å²) in [5.41, 5.74) is 3.12. The van der Waals surface area contributed by atoms with Crippen LogP contribution in [0, 0.1) is 13.8 Å². The number of hydrogen-bond acceptors (Lipinski definition) is 5. The average Bonchev–Trinajstić information content (AvgIpc) is 3.06. The fourth-order valence-electron chi connectivity index (χ4n) is 2.29. The van der Waals surface area contributed by atoms with Crippen molar-refractivity contribution in [2.24, 2.45) is 0 Å². The minimum absolute atomic E-state index is 0.620. The highest BCUT2D eigenvalue weighted by atomic mass is 16.5. The van der Waals surface area contributed by atoms with Crippen molar-refractivity contribution in [2.45, 2.75) is 45.7 Å². The van der Waals surface area contributed by atoms with Crippen molar-refractivity contribution in [1.29, 1.82) is 0 Å². The molecule has 0 N–H and O–H groups in total. The lowest BCUT2D eigenvalue weighted by Crippen LogP contribution is -2.18. The molecule has 5 nitrogen and oxygen atoms in total. The Hall–Kier alpha value is -1.62. The Bertz CT molecular complexity index is 550. The van der Waals surface area contributed by atoms with Crippen LogP contribution in [0.1, 0.15) is 47.2 Å². The van der Waals surface area contributed by atoms with Crippen molar-refractivity contribution in [3.63, 3.8) is 0 Å². The highest BCUT2D eigenvalue weighted by molar-refractivity contribution is 5.20. The number of nitrogens with zero attached hydrogens (tertiary/aromatic N) is 3. The first-order valence-electron chi connectivity index (χ1n) is 6.69. The molecule has 5 heteroatoms. The molecule has 0 bridgehead atoms. The molecule has 1 saturated carbocycles. The van der Waals surface area contributed by atoms with E-state index in [0.717, 1.165) is 41.6 Å². The van der Waals surface area contributed by atoms with E-state index in [1.54, 1.807) is 0 Å². The Morgan fingerprint density at radius 1 is 1.21 bits per heavy atom. The molecule has 1 fully saturated rings. The third kappa shape index (κ3) is 2.71.